The van der Waals surface area contributed by atoms with Gasteiger partial charge in [-0.15, -0.1) is 0 Å². The summed E-state index contributed by atoms with van der Waals surface area (Å²) in [7, 11) is 0. The number of nitrogens with one attached hydrogen (secondary N) is 1. The maximum Gasteiger partial charge on any atom is 0.163 e. The smallest absolute Gasteiger partial charge is 0.163 e. The molecule has 1 unspecified atom stereocenters. The van der Waals surface area contributed by atoms with Gasteiger partial charge in [0.1, 0.15) is 11.5 Å². The average Bonchev–Trinajstić information content (AvgIpc) is 2.77. The van der Waals surface area contributed by atoms with Crippen molar-refractivity contribution in [3.8, 4) is 0 Å². The second kappa shape index (κ2) is 5.31. The molecule has 2 aromatic rings. The first-order valence-corrected chi connectivity index (χ1v) is 5.80. The first kappa shape index (κ1) is 12.8. The molecular weight excluding hydrogens is 236 g/mol. The standard InChI is InChI=1S/C14H15F2NO/c1-9-6-7-13(18-9)10(2)17-8-11-4-3-5-12(15)14(11)16/h3-7,10,17H,8H2,1-2H3. The van der Waals surface area contributed by atoms with E-state index >= 15 is 0 Å². The van der Waals surface area contributed by atoms with E-state index in [1.54, 1.807) is 6.07 Å². The summed E-state index contributed by atoms with van der Waals surface area (Å²) < 4.78 is 31.9. The van der Waals surface area contributed by atoms with Gasteiger partial charge in [-0.3, -0.25) is 0 Å². The van der Waals surface area contributed by atoms with Crippen LogP contribution in [0.4, 0.5) is 8.78 Å². The Morgan fingerprint density at radius 1 is 1.22 bits per heavy atom. The number of rotatable bonds is 4. The Kier molecular flexibility index (Phi) is 3.77. The van der Waals surface area contributed by atoms with Crippen molar-refractivity contribution in [2.24, 2.45) is 0 Å². The normalized spacial score (nSPS) is 12.7. The minimum absolute atomic E-state index is 0.0543. The highest BCUT2D eigenvalue weighted by Crippen LogP contribution is 2.17. The number of furan rings is 1. The van der Waals surface area contributed by atoms with Crippen molar-refractivity contribution >= 4 is 0 Å². The largest absolute Gasteiger partial charge is 0.465 e. The van der Waals surface area contributed by atoms with E-state index in [-0.39, 0.29) is 12.6 Å². The van der Waals surface area contributed by atoms with Gasteiger partial charge in [0.05, 0.1) is 6.04 Å². The SMILES string of the molecule is Cc1ccc(C(C)NCc2cccc(F)c2F)o1. The minimum atomic E-state index is -0.823. The number of halogens is 2. The summed E-state index contributed by atoms with van der Waals surface area (Å²) in [5.74, 6) is -0.0106. The monoisotopic (exact) mass is 251 g/mol. The molecule has 1 heterocycles. The van der Waals surface area contributed by atoms with Crippen LogP contribution in [0.5, 0.6) is 0 Å². The van der Waals surface area contributed by atoms with E-state index in [1.165, 1.54) is 6.07 Å². The fraction of sp³-hybridized carbons (Fsp3) is 0.286. The van der Waals surface area contributed by atoms with Gasteiger partial charge >= 0.3 is 0 Å². The van der Waals surface area contributed by atoms with E-state index in [4.69, 9.17) is 4.42 Å². The topological polar surface area (TPSA) is 25.2 Å². The molecule has 1 atom stereocenters. The molecule has 2 nitrogen and oxygen atoms in total. The molecule has 0 fully saturated rings. The van der Waals surface area contributed by atoms with Gasteiger partial charge in [0.25, 0.3) is 0 Å². The maximum absolute atomic E-state index is 13.4. The van der Waals surface area contributed by atoms with Crippen LogP contribution in [0.25, 0.3) is 0 Å². The second-order valence-electron chi connectivity index (χ2n) is 4.26. The molecule has 0 spiro atoms. The lowest BCUT2D eigenvalue weighted by atomic mass is 10.2. The molecule has 0 saturated heterocycles. The maximum atomic E-state index is 13.4. The Labute approximate surface area is 105 Å². The molecule has 2 rings (SSSR count). The lowest BCUT2D eigenvalue weighted by molar-refractivity contribution is 0.411. The van der Waals surface area contributed by atoms with Crippen molar-refractivity contribution < 1.29 is 13.2 Å². The van der Waals surface area contributed by atoms with Gasteiger partial charge < -0.3 is 9.73 Å². The van der Waals surface area contributed by atoms with E-state index < -0.39 is 11.6 Å². The van der Waals surface area contributed by atoms with E-state index in [0.717, 1.165) is 17.6 Å². The molecule has 0 radical (unpaired) electrons. The Morgan fingerprint density at radius 3 is 2.67 bits per heavy atom. The first-order chi connectivity index (χ1) is 8.58. The highest BCUT2D eigenvalue weighted by Gasteiger charge is 2.11. The molecule has 0 bridgehead atoms. The predicted molar refractivity (Wildman–Crippen MR) is 65.1 cm³/mol. The summed E-state index contributed by atoms with van der Waals surface area (Å²) in [6, 6.07) is 7.85. The zero-order valence-corrected chi connectivity index (χ0v) is 10.3. The van der Waals surface area contributed by atoms with Crippen LogP contribution in [0.1, 0.15) is 30.0 Å². The van der Waals surface area contributed by atoms with Crippen molar-refractivity contribution in [2.75, 3.05) is 0 Å². The number of aryl methyl sites for hydroxylation is 1. The van der Waals surface area contributed by atoms with Gasteiger partial charge in [0.2, 0.25) is 0 Å². The van der Waals surface area contributed by atoms with Crippen molar-refractivity contribution in [3.05, 3.63) is 59.1 Å². The molecule has 0 aliphatic heterocycles. The lowest BCUT2D eigenvalue weighted by Crippen LogP contribution is -2.18. The molecule has 0 amide bonds. The Bertz CT molecular complexity index is 536. The van der Waals surface area contributed by atoms with Crippen LogP contribution in [0.3, 0.4) is 0 Å². The Morgan fingerprint density at radius 2 is 2.00 bits per heavy atom. The van der Waals surface area contributed by atoms with Crippen LogP contribution >= 0.6 is 0 Å². The van der Waals surface area contributed by atoms with Crippen LogP contribution in [0.2, 0.25) is 0 Å². The molecule has 1 aromatic carbocycles. The van der Waals surface area contributed by atoms with Gasteiger partial charge in [-0.2, -0.15) is 0 Å². The molecule has 96 valence electrons. The first-order valence-electron chi connectivity index (χ1n) is 5.80. The van der Waals surface area contributed by atoms with Crippen molar-refractivity contribution in [3.63, 3.8) is 0 Å². The van der Waals surface area contributed by atoms with E-state index in [2.05, 4.69) is 5.32 Å². The van der Waals surface area contributed by atoms with Gasteiger partial charge in [-0.25, -0.2) is 8.78 Å². The summed E-state index contributed by atoms with van der Waals surface area (Å²) in [6.07, 6.45) is 0. The molecule has 0 aliphatic carbocycles. The van der Waals surface area contributed by atoms with Gasteiger partial charge in [0, 0.05) is 12.1 Å². The van der Waals surface area contributed by atoms with Crippen LogP contribution in [0, 0.1) is 18.6 Å². The predicted octanol–water partition coefficient (Wildman–Crippen LogP) is 3.72. The summed E-state index contributed by atoms with van der Waals surface area (Å²) in [6.45, 7) is 4.03. The average molecular weight is 251 g/mol. The lowest BCUT2D eigenvalue weighted by Gasteiger charge is -2.12. The molecule has 1 N–H and O–H groups in total. The third-order valence-corrected chi connectivity index (χ3v) is 2.82. The minimum Gasteiger partial charge on any atom is -0.465 e. The summed E-state index contributed by atoms with van der Waals surface area (Å²) in [4.78, 5) is 0. The second-order valence-corrected chi connectivity index (χ2v) is 4.26. The summed E-state index contributed by atoms with van der Waals surface area (Å²) in [5, 5.41) is 3.10. The molecule has 0 saturated carbocycles. The summed E-state index contributed by atoms with van der Waals surface area (Å²) >= 11 is 0. The summed E-state index contributed by atoms with van der Waals surface area (Å²) in [5.41, 5.74) is 0.310. The fourth-order valence-corrected chi connectivity index (χ4v) is 1.73. The van der Waals surface area contributed by atoms with Gasteiger partial charge in [-0.1, -0.05) is 12.1 Å². The Hall–Kier alpha value is -1.68. The molecule has 1 aromatic heterocycles. The molecule has 4 heteroatoms. The van der Waals surface area contributed by atoms with E-state index in [9.17, 15) is 8.78 Å². The zero-order chi connectivity index (χ0) is 13.1. The van der Waals surface area contributed by atoms with E-state index in [0.29, 0.717) is 5.56 Å². The third-order valence-electron chi connectivity index (χ3n) is 2.82. The van der Waals surface area contributed by atoms with Gasteiger partial charge in [-0.05, 0) is 32.0 Å². The van der Waals surface area contributed by atoms with Gasteiger partial charge in [0.15, 0.2) is 11.6 Å². The molecular formula is C14H15F2NO. The number of hydrogen-bond acceptors (Lipinski definition) is 2. The zero-order valence-electron chi connectivity index (χ0n) is 10.3. The Balaban J connectivity index is 2.01. The number of hydrogen-bond donors (Lipinski definition) is 1. The van der Waals surface area contributed by atoms with Crippen molar-refractivity contribution in [2.45, 2.75) is 26.4 Å². The quantitative estimate of drug-likeness (QED) is 0.896. The van der Waals surface area contributed by atoms with Crippen LogP contribution in [-0.2, 0) is 6.54 Å². The van der Waals surface area contributed by atoms with Crippen LogP contribution in [0.15, 0.2) is 34.7 Å². The van der Waals surface area contributed by atoms with Crippen molar-refractivity contribution in [1.29, 1.82) is 0 Å². The molecule has 18 heavy (non-hydrogen) atoms. The highest BCUT2D eigenvalue weighted by atomic mass is 19.2. The molecule has 0 aliphatic rings. The third kappa shape index (κ3) is 2.76. The fourth-order valence-electron chi connectivity index (χ4n) is 1.73. The van der Waals surface area contributed by atoms with E-state index in [1.807, 2.05) is 26.0 Å². The highest BCUT2D eigenvalue weighted by molar-refractivity contribution is 5.19. The van der Waals surface area contributed by atoms with Crippen molar-refractivity contribution in [1.82, 2.24) is 5.32 Å². The number of benzene rings is 1. The van der Waals surface area contributed by atoms with Crippen LogP contribution in [-0.4, -0.2) is 0 Å². The van der Waals surface area contributed by atoms with Crippen LogP contribution < -0.4 is 5.32 Å².